The lowest BCUT2D eigenvalue weighted by molar-refractivity contribution is 0.372. The Morgan fingerprint density at radius 3 is 2.42 bits per heavy atom. The van der Waals surface area contributed by atoms with Crippen LogP contribution in [-0.2, 0) is 0 Å². The van der Waals surface area contributed by atoms with Crippen molar-refractivity contribution in [1.82, 2.24) is 0 Å². The van der Waals surface area contributed by atoms with E-state index in [1.807, 2.05) is 19.9 Å². The second-order valence-corrected chi connectivity index (χ2v) is 4.69. The van der Waals surface area contributed by atoms with Crippen LogP contribution in [0.3, 0.4) is 0 Å². The van der Waals surface area contributed by atoms with Crippen LogP contribution in [0, 0.1) is 13.8 Å². The number of phenols is 2. The summed E-state index contributed by atoms with van der Waals surface area (Å²) in [6.45, 7) is 3.74. The van der Waals surface area contributed by atoms with Gasteiger partial charge in [-0.3, -0.25) is 0 Å². The first-order valence-electron chi connectivity index (χ1n) is 5.95. The third-order valence-corrected chi connectivity index (χ3v) is 3.40. The van der Waals surface area contributed by atoms with E-state index in [0.29, 0.717) is 16.9 Å². The highest BCUT2D eigenvalue weighted by Gasteiger charge is 2.18. The summed E-state index contributed by atoms with van der Waals surface area (Å²) in [7, 11) is 1.49. The van der Waals surface area contributed by atoms with E-state index in [2.05, 4.69) is 0 Å². The summed E-state index contributed by atoms with van der Waals surface area (Å²) in [5.41, 5.74) is 2.75. The Morgan fingerprint density at radius 2 is 1.74 bits per heavy atom. The van der Waals surface area contributed by atoms with Crippen LogP contribution in [0.5, 0.6) is 17.2 Å². The molecule has 0 aliphatic carbocycles. The van der Waals surface area contributed by atoms with Gasteiger partial charge in [-0.25, -0.2) is 0 Å². The average Bonchev–Trinajstić information content (AvgIpc) is 2.68. The van der Waals surface area contributed by atoms with E-state index in [1.54, 1.807) is 12.1 Å². The zero-order valence-electron chi connectivity index (χ0n) is 10.9. The van der Waals surface area contributed by atoms with Gasteiger partial charge in [0.1, 0.15) is 11.3 Å². The fourth-order valence-corrected chi connectivity index (χ4v) is 2.45. The molecule has 1 heterocycles. The van der Waals surface area contributed by atoms with E-state index in [4.69, 9.17) is 9.15 Å². The zero-order chi connectivity index (χ0) is 13.7. The minimum Gasteiger partial charge on any atom is -0.508 e. The fourth-order valence-electron chi connectivity index (χ4n) is 2.45. The van der Waals surface area contributed by atoms with Crippen molar-refractivity contribution in [2.45, 2.75) is 13.8 Å². The van der Waals surface area contributed by atoms with Crippen molar-refractivity contribution in [3.8, 4) is 17.2 Å². The van der Waals surface area contributed by atoms with Crippen molar-refractivity contribution < 1.29 is 19.4 Å². The highest BCUT2D eigenvalue weighted by atomic mass is 16.5. The number of rotatable bonds is 1. The first-order chi connectivity index (χ1) is 9.02. The van der Waals surface area contributed by atoms with Gasteiger partial charge in [0.05, 0.1) is 7.11 Å². The van der Waals surface area contributed by atoms with Gasteiger partial charge in [-0.2, -0.15) is 0 Å². The third-order valence-electron chi connectivity index (χ3n) is 3.40. The SMILES string of the molecule is COc1c(O)cc(C)c2c1oc1cc(O)c(C)cc12. The number of hydrogen-bond donors (Lipinski definition) is 2. The molecule has 0 unspecified atom stereocenters. The molecule has 0 bridgehead atoms. The molecule has 0 saturated carbocycles. The van der Waals surface area contributed by atoms with E-state index < -0.39 is 0 Å². The van der Waals surface area contributed by atoms with Gasteiger partial charge in [-0.1, -0.05) is 0 Å². The molecule has 0 spiro atoms. The van der Waals surface area contributed by atoms with E-state index in [-0.39, 0.29) is 11.5 Å². The molecule has 0 aliphatic heterocycles. The molecular formula is C15H14O4. The standard InChI is InChI=1S/C15H14O4/c1-7-4-9-12(6-10(7)16)19-15-13(9)8(2)5-11(17)14(15)18-3/h4-6,16-17H,1-3H3. The molecule has 0 aliphatic rings. The van der Waals surface area contributed by atoms with Gasteiger partial charge in [0, 0.05) is 16.8 Å². The van der Waals surface area contributed by atoms with Crippen LogP contribution < -0.4 is 4.74 Å². The monoisotopic (exact) mass is 258 g/mol. The van der Waals surface area contributed by atoms with Crippen LogP contribution in [0.1, 0.15) is 11.1 Å². The molecule has 0 atom stereocenters. The summed E-state index contributed by atoms with van der Waals surface area (Å²) >= 11 is 0. The minimum absolute atomic E-state index is 0.0486. The minimum atomic E-state index is 0.0486. The summed E-state index contributed by atoms with van der Waals surface area (Å²) < 4.78 is 10.9. The van der Waals surface area contributed by atoms with E-state index in [0.717, 1.165) is 21.9 Å². The lowest BCUT2D eigenvalue weighted by Gasteiger charge is -2.05. The number of aromatic hydroxyl groups is 2. The topological polar surface area (TPSA) is 62.8 Å². The summed E-state index contributed by atoms with van der Waals surface area (Å²) in [5.74, 6) is 0.550. The maximum Gasteiger partial charge on any atom is 0.204 e. The summed E-state index contributed by atoms with van der Waals surface area (Å²) in [5, 5.41) is 21.4. The number of benzene rings is 2. The Labute approximate surface area is 109 Å². The second-order valence-electron chi connectivity index (χ2n) is 4.69. The molecule has 3 aromatic rings. The summed E-state index contributed by atoms with van der Waals surface area (Å²) in [4.78, 5) is 0. The van der Waals surface area contributed by atoms with Gasteiger partial charge in [0.2, 0.25) is 5.75 Å². The van der Waals surface area contributed by atoms with Crippen molar-refractivity contribution in [1.29, 1.82) is 0 Å². The Hall–Kier alpha value is -2.36. The number of aryl methyl sites for hydroxylation is 2. The number of phenolic OH excluding ortho intramolecular Hbond substituents is 2. The first kappa shape index (κ1) is 11.7. The van der Waals surface area contributed by atoms with Gasteiger partial charge >= 0.3 is 0 Å². The van der Waals surface area contributed by atoms with Crippen molar-refractivity contribution in [2.75, 3.05) is 7.11 Å². The average molecular weight is 258 g/mol. The Bertz CT molecular complexity index is 799. The van der Waals surface area contributed by atoms with Gasteiger partial charge in [0.25, 0.3) is 0 Å². The van der Waals surface area contributed by atoms with Crippen molar-refractivity contribution in [2.24, 2.45) is 0 Å². The fraction of sp³-hybridized carbons (Fsp3) is 0.200. The highest BCUT2D eigenvalue weighted by Crippen LogP contribution is 2.43. The quantitative estimate of drug-likeness (QED) is 0.699. The van der Waals surface area contributed by atoms with Gasteiger partial charge < -0.3 is 19.4 Å². The summed E-state index contributed by atoms with van der Waals surface area (Å²) in [6, 6.07) is 5.11. The predicted molar refractivity (Wildman–Crippen MR) is 73.1 cm³/mol. The molecule has 0 fully saturated rings. The van der Waals surface area contributed by atoms with E-state index in [9.17, 15) is 10.2 Å². The zero-order valence-corrected chi connectivity index (χ0v) is 10.9. The third kappa shape index (κ3) is 1.53. The smallest absolute Gasteiger partial charge is 0.204 e. The first-order valence-corrected chi connectivity index (χ1v) is 5.95. The Balaban J connectivity index is 2.56. The van der Waals surface area contributed by atoms with E-state index >= 15 is 0 Å². The number of hydrogen-bond acceptors (Lipinski definition) is 4. The molecule has 4 heteroatoms. The normalized spacial score (nSPS) is 11.3. The molecule has 98 valence electrons. The molecule has 0 saturated heterocycles. The van der Waals surface area contributed by atoms with Crippen molar-refractivity contribution >= 4 is 21.9 Å². The lowest BCUT2D eigenvalue weighted by atomic mass is 10.0. The number of ether oxygens (including phenoxy) is 1. The lowest BCUT2D eigenvalue weighted by Crippen LogP contribution is -1.86. The van der Waals surface area contributed by atoms with Crippen LogP contribution in [0.25, 0.3) is 21.9 Å². The van der Waals surface area contributed by atoms with Gasteiger partial charge in [-0.15, -0.1) is 0 Å². The number of methoxy groups -OCH3 is 1. The van der Waals surface area contributed by atoms with Crippen molar-refractivity contribution in [3.05, 3.63) is 29.3 Å². The van der Waals surface area contributed by atoms with E-state index in [1.165, 1.54) is 7.11 Å². The Kier molecular flexibility index (Phi) is 2.35. The molecule has 0 amide bonds. The largest absolute Gasteiger partial charge is 0.508 e. The molecule has 2 N–H and O–H groups in total. The van der Waals surface area contributed by atoms with Gasteiger partial charge in [-0.05, 0) is 37.1 Å². The van der Waals surface area contributed by atoms with Crippen LogP contribution >= 0.6 is 0 Å². The molecule has 1 aromatic heterocycles. The van der Waals surface area contributed by atoms with Crippen LogP contribution in [0.4, 0.5) is 0 Å². The van der Waals surface area contributed by atoms with Crippen molar-refractivity contribution in [3.63, 3.8) is 0 Å². The molecule has 4 nitrogen and oxygen atoms in total. The number of furan rings is 1. The Morgan fingerprint density at radius 1 is 1.00 bits per heavy atom. The molecule has 0 radical (unpaired) electrons. The second kappa shape index (κ2) is 3.82. The van der Waals surface area contributed by atoms with Gasteiger partial charge in [0.15, 0.2) is 11.3 Å². The summed E-state index contributed by atoms with van der Waals surface area (Å²) in [6.07, 6.45) is 0. The highest BCUT2D eigenvalue weighted by molar-refractivity contribution is 6.09. The molecule has 2 aromatic carbocycles. The van der Waals surface area contributed by atoms with Crippen LogP contribution in [-0.4, -0.2) is 17.3 Å². The molecular weight excluding hydrogens is 244 g/mol. The maximum atomic E-state index is 9.89. The van der Waals surface area contributed by atoms with Crippen LogP contribution in [0.2, 0.25) is 0 Å². The predicted octanol–water partition coefficient (Wildman–Crippen LogP) is 3.62. The molecule has 19 heavy (non-hydrogen) atoms. The van der Waals surface area contributed by atoms with Crippen LogP contribution in [0.15, 0.2) is 22.6 Å². The maximum absolute atomic E-state index is 9.89. The number of fused-ring (bicyclic) bond motifs is 3. The molecule has 3 rings (SSSR count).